The van der Waals surface area contributed by atoms with Crippen molar-refractivity contribution in [1.82, 2.24) is 9.97 Å². The van der Waals surface area contributed by atoms with E-state index < -0.39 is 5.97 Å². The Morgan fingerprint density at radius 1 is 1.25 bits per heavy atom. The Labute approximate surface area is 124 Å². The van der Waals surface area contributed by atoms with Gasteiger partial charge in [0.15, 0.2) is 0 Å². The molecule has 6 heteroatoms. The van der Waals surface area contributed by atoms with E-state index in [9.17, 15) is 4.79 Å². The minimum Gasteiger partial charge on any atom is -0.455 e. The molecule has 2 aromatic heterocycles. The summed E-state index contributed by atoms with van der Waals surface area (Å²) >= 11 is 7.17. The molecule has 0 saturated carbocycles. The molecule has 0 aliphatic heterocycles. The van der Waals surface area contributed by atoms with Gasteiger partial charge in [-0.1, -0.05) is 23.7 Å². The van der Waals surface area contributed by atoms with Crippen LogP contribution in [0, 0.1) is 0 Å². The van der Waals surface area contributed by atoms with E-state index >= 15 is 0 Å². The third kappa shape index (κ3) is 2.79. The molecular weight excluding hydrogens is 296 g/mol. The molecule has 0 spiro atoms. The minimum atomic E-state index is -0.437. The van der Waals surface area contributed by atoms with Crippen molar-refractivity contribution in [3.63, 3.8) is 0 Å². The van der Waals surface area contributed by atoms with Gasteiger partial charge in [-0.25, -0.2) is 14.8 Å². The van der Waals surface area contributed by atoms with E-state index in [-0.39, 0.29) is 6.61 Å². The number of esters is 1. The Hall–Kier alpha value is -1.98. The van der Waals surface area contributed by atoms with Gasteiger partial charge >= 0.3 is 5.97 Å². The fraction of sp³-hybridized carbons (Fsp3) is 0.0714. The van der Waals surface area contributed by atoms with E-state index in [1.165, 1.54) is 17.5 Å². The van der Waals surface area contributed by atoms with Gasteiger partial charge < -0.3 is 4.74 Å². The molecular formula is C14H9ClN2O2S. The maximum atomic E-state index is 11.8. The summed E-state index contributed by atoms with van der Waals surface area (Å²) in [4.78, 5) is 20.1. The summed E-state index contributed by atoms with van der Waals surface area (Å²) in [5.41, 5.74) is 1.28. The summed E-state index contributed by atoms with van der Waals surface area (Å²) in [6, 6.07) is 10.9. The van der Waals surface area contributed by atoms with Crippen LogP contribution in [0.5, 0.6) is 0 Å². The van der Waals surface area contributed by atoms with Crippen LogP contribution in [-0.4, -0.2) is 15.9 Å². The normalized spacial score (nSPS) is 10.7. The number of para-hydroxylation sites is 1. The number of halogens is 1. The molecule has 4 nitrogen and oxygen atoms in total. The number of carbonyl (C=O) groups excluding carboxylic acids is 1. The van der Waals surface area contributed by atoms with Crippen LogP contribution in [0.25, 0.3) is 10.2 Å². The van der Waals surface area contributed by atoms with E-state index in [0.717, 1.165) is 15.2 Å². The number of rotatable bonds is 3. The molecule has 1 aromatic carbocycles. The SMILES string of the molecule is O=C(OCc1nc2ccccc2s1)c1ccc(Cl)nc1. The highest BCUT2D eigenvalue weighted by atomic mass is 35.5. The number of hydrogen-bond acceptors (Lipinski definition) is 5. The van der Waals surface area contributed by atoms with Gasteiger partial charge in [0.05, 0.1) is 15.8 Å². The van der Waals surface area contributed by atoms with Gasteiger partial charge in [0.25, 0.3) is 0 Å². The van der Waals surface area contributed by atoms with Crippen molar-refractivity contribution in [1.29, 1.82) is 0 Å². The first-order valence-corrected chi connectivity index (χ1v) is 7.05. The molecule has 2 heterocycles. The summed E-state index contributed by atoms with van der Waals surface area (Å²) in [5.74, 6) is -0.437. The number of thiazole rings is 1. The molecule has 0 N–H and O–H groups in total. The molecule has 0 radical (unpaired) electrons. The van der Waals surface area contributed by atoms with Crippen LogP contribution in [0.1, 0.15) is 15.4 Å². The smallest absolute Gasteiger partial charge is 0.340 e. The Balaban J connectivity index is 1.69. The number of carbonyl (C=O) groups is 1. The lowest BCUT2D eigenvalue weighted by molar-refractivity contribution is 0.0472. The highest BCUT2D eigenvalue weighted by molar-refractivity contribution is 7.18. The zero-order valence-electron chi connectivity index (χ0n) is 10.2. The molecule has 20 heavy (non-hydrogen) atoms. The lowest BCUT2D eigenvalue weighted by atomic mass is 10.3. The van der Waals surface area contributed by atoms with Gasteiger partial charge in [-0.05, 0) is 24.3 Å². The van der Waals surface area contributed by atoms with Crippen LogP contribution < -0.4 is 0 Å². The maximum Gasteiger partial charge on any atom is 0.340 e. The Morgan fingerprint density at radius 3 is 2.85 bits per heavy atom. The monoisotopic (exact) mass is 304 g/mol. The third-order valence-corrected chi connectivity index (χ3v) is 3.86. The van der Waals surface area contributed by atoms with E-state index in [1.54, 1.807) is 12.1 Å². The third-order valence-electron chi connectivity index (χ3n) is 2.63. The lowest BCUT2D eigenvalue weighted by Gasteiger charge is -2.01. The summed E-state index contributed by atoms with van der Waals surface area (Å²) in [5, 5.41) is 1.11. The molecule has 3 aromatic rings. The molecule has 100 valence electrons. The fourth-order valence-electron chi connectivity index (χ4n) is 1.69. The number of benzene rings is 1. The van der Waals surface area contributed by atoms with Gasteiger partial charge in [-0.3, -0.25) is 0 Å². The molecule has 0 amide bonds. The van der Waals surface area contributed by atoms with E-state index in [1.807, 2.05) is 24.3 Å². The van der Waals surface area contributed by atoms with Crippen molar-refractivity contribution >= 4 is 39.1 Å². The second kappa shape index (κ2) is 5.56. The average Bonchev–Trinajstić information content (AvgIpc) is 2.88. The highest BCUT2D eigenvalue weighted by Crippen LogP contribution is 2.22. The van der Waals surface area contributed by atoms with Crippen molar-refractivity contribution in [2.24, 2.45) is 0 Å². The zero-order chi connectivity index (χ0) is 13.9. The van der Waals surface area contributed by atoms with Crippen LogP contribution in [0.4, 0.5) is 0 Å². The number of fused-ring (bicyclic) bond motifs is 1. The number of pyridine rings is 1. The molecule has 0 aliphatic rings. The van der Waals surface area contributed by atoms with Crippen molar-refractivity contribution in [3.8, 4) is 0 Å². The van der Waals surface area contributed by atoms with Gasteiger partial charge in [0.1, 0.15) is 16.8 Å². The summed E-state index contributed by atoms with van der Waals surface area (Å²) in [7, 11) is 0. The number of aromatic nitrogens is 2. The topological polar surface area (TPSA) is 52.1 Å². The van der Waals surface area contributed by atoms with Crippen LogP contribution >= 0.6 is 22.9 Å². The standard InChI is InChI=1S/C14H9ClN2O2S/c15-12-6-5-9(7-16-12)14(18)19-8-13-17-10-3-1-2-4-11(10)20-13/h1-7H,8H2. The molecule has 0 saturated heterocycles. The number of hydrogen-bond donors (Lipinski definition) is 0. The predicted molar refractivity (Wildman–Crippen MR) is 78.0 cm³/mol. The number of ether oxygens (including phenoxy) is 1. The highest BCUT2D eigenvalue weighted by Gasteiger charge is 2.10. The van der Waals surface area contributed by atoms with Gasteiger partial charge in [-0.15, -0.1) is 11.3 Å². The van der Waals surface area contributed by atoms with Crippen LogP contribution in [0.3, 0.4) is 0 Å². The fourth-order valence-corrected chi connectivity index (χ4v) is 2.68. The molecule has 0 aliphatic carbocycles. The van der Waals surface area contributed by atoms with Crippen LogP contribution in [0.2, 0.25) is 5.15 Å². The minimum absolute atomic E-state index is 0.154. The summed E-state index contributed by atoms with van der Waals surface area (Å²) < 4.78 is 6.29. The van der Waals surface area contributed by atoms with Gasteiger partial charge in [0.2, 0.25) is 0 Å². The Morgan fingerprint density at radius 2 is 2.10 bits per heavy atom. The molecule has 0 atom stereocenters. The molecule has 0 bridgehead atoms. The Kier molecular flexibility index (Phi) is 3.62. The second-order valence-corrected chi connectivity index (χ2v) is 5.52. The number of nitrogens with zero attached hydrogens (tertiary/aromatic N) is 2. The quantitative estimate of drug-likeness (QED) is 0.547. The summed E-state index contributed by atoms with van der Waals surface area (Å²) in [6.45, 7) is 0.154. The first kappa shape index (κ1) is 13.0. The van der Waals surface area contributed by atoms with Crippen molar-refractivity contribution in [2.45, 2.75) is 6.61 Å². The predicted octanol–water partition coefficient (Wildman–Crippen LogP) is 3.70. The van der Waals surface area contributed by atoms with Crippen LogP contribution in [-0.2, 0) is 11.3 Å². The first-order valence-electron chi connectivity index (χ1n) is 5.85. The van der Waals surface area contributed by atoms with Crippen molar-refractivity contribution in [3.05, 3.63) is 58.3 Å². The molecule has 0 fully saturated rings. The molecule has 0 unspecified atom stereocenters. The van der Waals surface area contributed by atoms with Crippen molar-refractivity contribution in [2.75, 3.05) is 0 Å². The van der Waals surface area contributed by atoms with Crippen LogP contribution in [0.15, 0.2) is 42.6 Å². The first-order chi connectivity index (χ1) is 9.72. The van der Waals surface area contributed by atoms with Gasteiger partial charge in [-0.2, -0.15) is 0 Å². The van der Waals surface area contributed by atoms with E-state index in [4.69, 9.17) is 16.3 Å². The zero-order valence-corrected chi connectivity index (χ0v) is 11.8. The second-order valence-electron chi connectivity index (χ2n) is 4.02. The molecule has 3 rings (SSSR count). The van der Waals surface area contributed by atoms with E-state index in [0.29, 0.717) is 10.7 Å². The van der Waals surface area contributed by atoms with Gasteiger partial charge in [0, 0.05) is 6.20 Å². The maximum absolute atomic E-state index is 11.8. The summed E-state index contributed by atoms with van der Waals surface area (Å²) in [6.07, 6.45) is 1.39. The largest absolute Gasteiger partial charge is 0.455 e. The average molecular weight is 305 g/mol. The lowest BCUT2D eigenvalue weighted by Crippen LogP contribution is -2.05. The Bertz CT molecular complexity index is 722. The van der Waals surface area contributed by atoms with E-state index in [2.05, 4.69) is 9.97 Å². The van der Waals surface area contributed by atoms with Crippen molar-refractivity contribution < 1.29 is 9.53 Å².